The van der Waals surface area contributed by atoms with Crippen LogP contribution in [0.4, 0.5) is 0 Å². The molecule has 1 N–H and O–H groups in total. The van der Waals surface area contributed by atoms with Gasteiger partial charge in [-0.05, 0) is 30.3 Å². The van der Waals surface area contributed by atoms with E-state index in [2.05, 4.69) is 10.4 Å². The van der Waals surface area contributed by atoms with Gasteiger partial charge in [-0.25, -0.2) is 0 Å². The van der Waals surface area contributed by atoms with Gasteiger partial charge >= 0.3 is 0 Å². The number of carbonyl (C=O) groups excluding carboxylic acids is 1. The summed E-state index contributed by atoms with van der Waals surface area (Å²) < 4.78 is 6.72. The predicted octanol–water partition coefficient (Wildman–Crippen LogP) is 2.04. The Morgan fingerprint density at radius 1 is 0.960 bits per heavy atom. The van der Waals surface area contributed by atoms with Crippen LogP contribution >= 0.6 is 0 Å². The molecule has 3 aromatic rings. The van der Waals surface area contributed by atoms with Crippen LogP contribution in [-0.4, -0.2) is 28.8 Å². The molecule has 6 nitrogen and oxygen atoms in total. The van der Waals surface area contributed by atoms with E-state index in [-0.39, 0.29) is 17.2 Å². The molecule has 1 heterocycles. The number of nitrogens with zero attached hydrogens (tertiary/aromatic N) is 2. The van der Waals surface area contributed by atoms with E-state index in [4.69, 9.17) is 4.74 Å². The van der Waals surface area contributed by atoms with Gasteiger partial charge in [0.2, 0.25) is 0 Å². The Morgan fingerprint density at radius 3 is 2.36 bits per heavy atom. The lowest BCUT2D eigenvalue weighted by Crippen LogP contribution is -2.31. The third-order valence-corrected chi connectivity index (χ3v) is 3.43. The summed E-state index contributed by atoms with van der Waals surface area (Å²) in [5.41, 5.74) is 0.480. The maximum absolute atomic E-state index is 12.2. The van der Waals surface area contributed by atoms with Crippen molar-refractivity contribution in [1.82, 2.24) is 15.1 Å². The summed E-state index contributed by atoms with van der Waals surface area (Å²) in [6.07, 6.45) is 0. The van der Waals surface area contributed by atoms with Crippen LogP contribution in [0, 0.1) is 0 Å². The lowest BCUT2D eigenvalue weighted by Gasteiger charge is -2.09. The van der Waals surface area contributed by atoms with Crippen molar-refractivity contribution in [2.24, 2.45) is 0 Å². The Bertz CT molecular complexity index is 893. The third kappa shape index (κ3) is 4.32. The summed E-state index contributed by atoms with van der Waals surface area (Å²) in [5.74, 6) is 0.383. The highest BCUT2D eigenvalue weighted by atomic mass is 16.5. The lowest BCUT2D eigenvalue weighted by molar-refractivity contribution is 0.0940. The lowest BCUT2D eigenvalue weighted by atomic mass is 10.3. The quantitative estimate of drug-likeness (QED) is 0.700. The van der Waals surface area contributed by atoms with E-state index in [1.165, 1.54) is 16.8 Å². The van der Waals surface area contributed by atoms with E-state index in [0.29, 0.717) is 18.8 Å². The summed E-state index contributed by atoms with van der Waals surface area (Å²) in [4.78, 5) is 24.2. The second-order valence-corrected chi connectivity index (χ2v) is 5.22. The molecule has 1 amide bonds. The van der Waals surface area contributed by atoms with Crippen molar-refractivity contribution in [3.05, 3.63) is 88.8 Å². The Kier molecular flexibility index (Phi) is 5.21. The number of ether oxygens (including phenoxy) is 1. The van der Waals surface area contributed by atoms with Gasteiger partial charge in [-0.2, -0.15) is 9.78 Å². The Morgan fingerprint density at radius 2 is 1.64 bits per heavy atom. The molecule has 6 heteroatoms. The zero-order chi connectivity index (χ0) is 17.5. The molecule has 0 radical (unpaired) electrons. The van der Waals surface area contributed by atoms with Crippen molar-refractivity contribution in [2.45, 2.75) is 0 Å². The van der Waals surface area contributed by atoms with Crippen molar-refractivity contribution in [3.63, 3.8) is 0 Å². The second-order valence-electron chi connectivity index (χ2n) is 5.22. The van der Waals surface area contributed by atoms with Crippen molar-refractivity contribution in [2.75, 3.05) is 13.2 Å². The fraction of sp³-hybridized carbons (Fsp3) is 0.105. The number of aromatic nitrogens is 2. The van der Waals surface area contributed by atoms with Gasteiger partial charge in [0.15, 0.2) is 0 Å². The van der Waals surface area contributed by atoms with E-state index in [1.54, 1.807) is 24.3 Å². The molecule has 2 aromatic carbocycles. The van der Waals surface area contributed by atoms with Crippen molar-refractivity contribution in [1.29, 1.82) is 0 Å². The smallest absolute Gasteiger partial charge is 0.271 e. The van der Waals surface area contributed by atoms with Crippen LogP contribution in [0.3, 0.4) is 0 Å². The second kappa shape index (κ2) is 7.92. The van der Waals surface area contributed by atoms with Gasteiger partial charge in [-0.15, -0.1) is 0 Å². The molecule has 0 fully saturated rings. The van der Waals surface area contributed by atoms with Crippen LogP contribution < -0.4 is 15.6 Å². The van der Waals surface area contributed by atoms with Crippen molar-refractivity contribution in [3.8, 4) is 11.4 Å². The van der Waals surface area contributed by atoms with Gasteiger partial charge in [-0.3, -0.25) is 9.59 Å². The average Bonchev–Trinajstić information content (AvgIpc) is 2.67. The first kappa shape index (κ1) is 16.4. The molecule has 0 bridgehead atoms. The van der Waals surface area contributed by atoms with Crippen LogP contribution in [0.15, 0.2) is 77.6 Å². The minimum atomic E-state index is -0.360. The van der Waals surface area contributed by atoms with Crippen LogP contribution in [-0.2, 0) is 0 Å². The monoisotopic (exact) mass is 335 g/mol. The van der Waals surface area contributed by atoms with Crippen LogP contribution in [0.5, 0.6) is 5.75 Å². The summed E-state index contributed by atoms with van der Waals surface area (Å²) in [6.45, 7) is 0.675. The minimum absolute atomic E-state index is 0.170. The number of benzene rings is 2. The zero-order valence-corrected chi connectivity index (χ0v) is 13.5. The molecule has 0 saturated carbocycles. The molecule has 126 valence electrons. The number of para-hydroxylation sites is 2. The fourth-order valence-corrected chi connectivity index (χ4v) is 2.23. The van der Waals surface area contributed by atoms with E-state index in [0.717, 1.165) is 5.75 Å². The number of hydrogen-bond acceptors (Lipinski definition) is 4. The number of nitrogens with one attached hydrogen (secondary N) is 1. The molecule has 1 aromatic heterocycles. The normalized spacial score (nSPS) is 10.2. The predicted molar refractivity (Wildman–Crippen MR) is 94.1 cm³/mol. The SMILES string of the molecule is O=C(NCCOc1ccccc1)c1ccc(=O)n(-c2ccccc2)n1. The number of hydrogen-bond donors (Lipinski definition) is 1. The average molecular weight is 335 g/mol. The number of rotatable bonds is 6. The zero-order valence-electron chi connectivity index (χ0n) is 13.5. The van der Waals surface area contributed by atoms with Crippen molar-refractivity contribution >= 4 is 5.91 Å². The highest BCUT2D eigenvalue weighted by Crippen LogP contribution is 2.07. The van der Waals surface area contributed by atoms with Gasteiger partial charge in [-0.1, -0.05) is 36.4 Å². The summed E-state index contributed by atoms with van der Waals surface area (Å²) in [7, 11) is 0. The standard InChI is InChI=1S/C19H17N3O3/c23-18-12-11-17(21-22(18)15-7-3-1-4-8-15)19(24)20-13-14-25-16-9-5-2-6-10-16/h1-12H,13-14H2,(H,20,24). The van der Waals surface area contributed by atoms with E-state index in [1.807, 2.05) is 36.4 Å². The molecule has 25 heavy (non-hydrogen) atoms. The summed E-state index contributed by atoms with van der Waals surface area (Å²) >= 11 is 0. The first-order valence-electron chi connectivity index (χ1n) is 7.86. The molecule has 0 aliphatic heterocycles. The van der Waals surface area contributed by atoms with Gasteiger partial charge in [0.25, 0.3) is 11.5 Å². The van der Waals surface area contributed by atoms with Gasteiger partial charge in [0, 0.05) is 6.07 Å². The molecular formula is C19H17N3O3. The maximum Gasteiger partial charge on any atom is 0.271 e. The minimum Gasteiger partial charge on any atom is -0.492 e. The van der Waals surface area contributed by atoms with Crippen LogP contribution in [0.25, 0.3) is 5.69 Å². The molecule has 0 atom stereocenters. The topological polar surface area (TPSA) is 73.2 Å². The highest BCUT2D eigenvalue weighted by molar-refractivity contribution is 5.92. The van der Waals surface area contributed by atoms with Gasteiger partial charge < -0.3 is 10.1 Å². The molecule has 3 rings (SSSR count). The molecule has 0 aliphatic carbocycles. The summed E-state index contributed by atoms with van der Waals surface area (Å²) in [6, 6.07) is 21.1. The Hall–Kier alpha value is -3.41. The summed E-state index contributed by atoms with van der Waals surface area (Å²) in [5, 5.41) is 6.86. The van der Waals surface area contributed by atoms with Crippen LogP contribution in [0.2, 0.25) is 0 Å². The highest BCUT2D eigenvalue weighted by Gasteiger charge is 2.10. The molecule has 0 saturated heterocycles. The fourth-order valence-electron chi connectivity index (χ4n) is 2.23. The Labute approximate surface area is 144 Å². The maximum atomic E-state index is 12.2. The first-order chi connectivity index (χ1) is 12.2. The van der Waals surface area contributed by atoms with Crippen molar-refractivity contribution < 1.29 is 9.53 Å². The number of amides is 1. The van der Waals surface area contributed by atoms with E-state index < -0.39 is 0 Å². The van der Waals surface area contributed by atoms with Gasteiger partial charge in [0.1, 0.15) is 18.1 Å². The first-order valence-corrected chi connectivity index (χ1v) is 7.86. The number of carbonyl (C=O) groups is 1. The molecule has 0 spiro atoms. The van der Waals surface area contributed by atoms with E-state index >= 15 is 0 Å². The van der Waals surface area contributed by atoms with Crippen LogP contribution in [0.1, 0.15) is 10.5 Å². The molecule has 0 aliphatic rings. The van der Waals surface area contributed by atoms with Gasteiger partial charge in [0.05, 0.1) is 12.2 Å². The Balaban J connectivity index is 1.62. The largest absolute Gasteiger partial charge is 0.492 e. The molecular weight excluding hydrogens is 318 g/mol. The molecule has 0 unspecified atom stereocenters. The third-order valence-electron chi connectivity index (χ3n) is 3.43. The van der Waals surface area contributed by atoms with E-state index in [9.17, 15) is 9.59 Å².